The van der Waals surface area contributed by atoms with Crippen molar-refractivity contribution in [2.75, 3.05) is 20.1 Å². The highest BCUT2D eigenvalue weighted by molar-refractivity contribution is 5.76. The van der Waals surface area contributed by atoms with Crippen LogP contribution in [-0.2, 0) is 6.54 Å². The lowest BCUT2D eigenvalue weighted by molar-refractivity contribution is -0.274. The van der Waals surface area contributed by atoms with Crippen LogP contribution in [0.3, 0.4) is 0 Å². The summed E-state index contributed by atoms with van der Waals surface area (Å²) in [4.78, 5) is 27.8. The Bertz CT molecular complexity index is 819. The second-order valence-electron chi connectivity index (χ2n) is 7.60. The highest BCUT2D eigenvalue weighted by Crippen LogP contribution is 2.32. The number of carbonyl (C=O) groups is 2. The summed E-state index contributed by atoms with van der Waals surface area (Å²) in [5, 5.41) is 15.2. The topological polar surface area (TPSA) is 94.1 Å². The van der Waals surface area contributed by atoms with Gasteiger partial charge in [0.2, 0.25) is 0 Å². The van der Waals surface area contributed by atoms with Gasteiger partial charge in [-0.05, 0) is 25.3 Å². The van der Waals surface area contributed by atoms with Crippen molar-refractivity contribution in [1.82, 2.24) is 20.4 Å². The first kappa shape index (κ1) is 22.9. The fourth-order valence-electron chi connectivity index (χ4n) is 3.69. The normalized spacial score (nSPS) is 21.4. The van der Waals surface area contributed by atoms with Crippen molar-refractivity contribution in [3.8, 4) is 5.75 Å². The Morgan fingerprint density at radius 1 is 1.26 bits per heavy atom. The van der Waals surface area contributed by atoms with E-state index in [1.807, 2.05) is 0 Å². The number of aliphatic hydroxyl groups excluding tert-OH is 1. The van der Waals surface area contributed by atoms with Gasteiger partial charge in [0.15, 0.2) is 0 Å². The van der Waals surface area contributed by atoms with E-state index in [9.17, 15) is 32.3 Å². The molecule has 2 atom stereocenters. The maximum absolute atomic E-state index is 14.1. The summed E-state index contributed by atoms with van der Waals surface area (Å²) in [6.07, 6.45) is -3.87. The van der Waals surface area contributed by atoms with E-state index in [0.717, 1.165) is 25.0 Å². The van der Waals surface area contributed by atoms with E-state index < -0.39 is 36.1 Å². The van der Waals surface area contributed by atoms with Crippen molar-refractivity contribution in [1.29, 1.82) is 0 Å². The third-order valence-corrected chi connectivity index (χ3v) is 5.16. The summed E-state index contributed by atoms with van der Waals surface area (Å²) in [5.74, 6) is -1.64. The lowest BCUT2D eigenvalue weighted by Gasteiger charge is -2.41. The number of hydrogen-bond donors (Lipinski definition) is 3. The van der Waals surface area contributed by atoms with Crippen molar-refractivity contribution in [3.05, 3.63) is 29.6 Å². The van der Waals surface area contributed by atoms with Crippen molar-refractivity contribution in [3.63, 3.8) is 0 Å². The molecule has 1 saturated heterocycles. The number of ether oxygens (including phenoxy) is 1. The van der Waals surface area contributed by atoms with Crippen LogP contribution in [0.5, 0.6) is 5.75 Å². The molecule has 31 heavy (non-hydrogen) atoms. The molecule has 0 bridgehead atoms. The third kappa shape index (κ3) is 6.12. The van der Waals surface area contributed by atoms with Crippen molar-refractivity contribution in [2.24, 2.45) is 0 Å². The molecular formula is C19H24F4N4O4. The fraction of sp³-hybridized carbons (Fsp3) is 0.579. The van der Waals surface area contributed by atoms with E-state index in [1.54, 1.807) is 4.90 Å². The molecule has 0 unspecified atom stereocenters. The van der Waals surface area contributed by atoms with E-state index in [1.165, 1.54) is 11.9 Å². The second-order valence-corrected chi connectivity index (χ2v) is 7.60. The number of nitrogens with zero attached hydrogens (tertiary/aromatic N) is 2. The molecular weight excluding hydrogens is 424 g/mol. The van der Waals surface area contributed by atoms with Gasteiger partial charge in [0, 0.05) is 44.4 Å². The predicted molar refractivity (Wildman–Crippen MR) is 101 cm³/mol. The summed E-state index contributed by atoms with van der Waals surface area (Å²) >= 11 is 0. The molecule has 3 N–H and O–H groups in total. The molecule has 2 fully saturated rings. The van der Waals surface area contributed by atoms with Crippen LogP contribution in [0.1, 0.15) is 24.8 Å². The molecule has 1 aromatic rings. The van der Waals surface area contributed by atoms with Crippen LogP contribution in [-0.4, -0.2) is 71.7 Å². The molecule has 0 radical (unpaired) electrons. The Hall–Kier alpha value is -2.76. The average molecular weight is 448 g/mol. The predicted octanol–water partition coefficient (Wildman–Crippen LogP) is 2.17. The van der Waals surface area contributed by atoms with Crippen molar-refractivity contribution in [2.45, 2.75) is 50.4 Å². The van der Waals surface area contributed by atoms with Crippen molar-refractivity contribution < 1.29 is 37.0 Å². The lowest BCUT2D eigenvalue weighted by atomic mass is 10.0. The molecule has 0 spiro atoms. The number of halogens is 4. The number of piperidine rings is 1. The summed E-state index contributed by atoms with van der Waals surface area (Å²) in [7, 11) is 1.48. The highest BCUT2D eigenvalue weighted by atomic mass is 19.4. The number of β-amino-alcohol motifs (C(OH)–C–C–N with tert-alkyl or cyclic N) is 1. The minimum atomic E-state index is -4.93. The van der Waals surface area contributed by atoms with Crippen molar-refractivity contribution >= 4 is 12.1 Å². The maximum Gasteiger partial charge on any atom is 0.573 e. The summed E-state index contributed by atoms with van der Waals surface area (Å²) in [6, 6.07) is 1.37. The van der Waals surface area contributed by atoms with Gasteiger partial charge in [0.05, 0.1) is 12.1 Å². The van der Waals surface area contributed by atoms with Gasteiger partial charge in [0.25, 0.3) is 0 Å². The van der Waals surface area contributed by atoms with E-state index in [-0.39, 0.29) is 37.3 Å². The molecule has 0 aromatic heterocycles. The molecule has 1 saturated carbocycles. The minimum Gasteiger partial charge on any atom is -0.406 e. The van der Waals surface area contributed by atoms with Gasteiger partial charge < -0.3 is 30.3 Å². The van der Waals surface area contributed by atoms with Gasteiger partial charge in [-0.15, -0.1) is 13.2 Å². The first-order valence-corrected chi connectivity index (χ1v) is 9.82. The molecule has 1 aliphatic carbocycles. The van der Waals surface area contributed by atoms with Gasteiger partial charge in [-0.2, -0.15) is 0 Å². The number of amides is 4. The zero-order chi connectivity index (χ0) is 22.8. The molecule has 1 aromatic carbocycles. The van der Waals surface area contributed by atoms with Gasteiger partial charge in [-0.1, -0.05) is 6.07 Å². The second kappa shape index (κ2) is 9.16. The summed E-state index contributed by atoms with van der Waals surface area (Å²) < 4.78 is 54.6. The number of benzene rings is 1. The monoisotopic (exact) mass is 448 g/mol. The van der Waals surface area contributed by atoms with Crippen LogP contribution in [0.25, 0.3) is 0 Å². The van der Waals surface area contributed by atoms with E-state index in [0.29, 0.717) is 12.5 Å². The number of urea groups is 2. The zero-order valence-electron chi connectivity index (χ0n) is 16.8. The smallest absolute Gasteiger partial charge is 0.406 e. The number of hydrogen-bond acceptors (Lipinski definition) is 4. The molecule has 12 heteroatoms. The molecule has 1 aliphatic heterocycles. The van der Waals surface area contributed by atoms with Gasteiger partial charge >= 0.3 is 18.4 Å². The number of rotatable bonds is 5. The quantitative estimate of drug-likeness (QED) is 0.602. The Balaban J connectivity index is 1.64. The third-order valence-electron chi connectivity index (χ3n) is 5.16. The summed E-state index contributed by atoms with van der Waals surface area (Å²) in [5.41, 5.74) is -0.00529. The molecule has 4 amide bonds. The summed E-state index contributed by atoms with van der Waals surface area (Å²) in [6.45, 7) is 0.168. The Labute approximate surface area is 176 Å². The van der Waals surface area contributed by atoms with Gasteiger partial charge in [-0.25, -0.2) is 14.0 Å². The lowest BCUT2D eigenvalue weighted by Crippen LogP contribution is -2.59. The molecule has 2 aliphatic rings. The zero-order valence-corrected chi connectivity index (χ0v) is 16.8. The van der Waals surface area contributed by atoms with E-state index >= 15 is 0 Å². The Kier molecular flexibility index (Phi) is 6.77. The van der Waals surface area contributed by atoms with Crippen LogP contribution in [0.15, 0.2) is 18.2 Å². The van der Waals surface area contributed by atoms with Crippen LogP contribution in [0.2, 0.25) is 0 Å². The van der Waals surface area contributed by atoms with Crippen LogP contribution in [0.4, 0.5) is 27.2 Å². The maximum atomic E-state index is 14.1. The van der Waals surface area contributed by atoms with Crippen LogP contribution in [0, 0.1) is 5.82 Å². The number of likely N-dealkylation sites (tertiary alicyclic amines) is 1. The molecule has 1 heterocycles. The number of alkyl halides is 3. The van der Waals surface area contributed by atoms with Crippen LogP contribution >= 0.6 is 0 Å². The Morgan fingerprint density at radius 3 is 2.55 bits per heavy atom. The minimum absolute atomic E-state index is 0.00529. The fourth-order valence-corrected chi connectivity index (χ4v) is 3.69. The Morgan fingerprint density at radius 2 is 1.97 bits per heavy atom. The first-order chi connectivity index (χ1) is 14.6. The molecule has 172 valence electrons. The number of carbonyl (C=O) groups excluding carboxylic acids is 2. The average Bonchev–Trinajstić information content (AvgIpc) is 3.50. The SMILES string of the molecule is CNC(=O)N1C[C@H](O)C[C@@H](N(C(=O)NCc2ccc(OC(F)(F)F)cc2F)C2CC2)C1. The molecule has 8 nitrogen and oxygen atoms in total. The standard InChI is InChI=1S/C19H24F4N4O4/c1-24-17(29)26-9-13(6-14(28)10-26)27(12-3-4-12)18(30)25-8-11-2-5-15(7-16(11)20)31-19(21,22)23/h2,5,7,12-14,28H,3-4,6,8-10H2,1H3,(H,24,29)(H,25,30)/t13-,14-/m1/s1. The van der Waals surface area contributed by atoms with E-state index in [2.05, 4.69) is 15.4 Å². The number of nitrogens with one attached hydrogen (secondary N) is 2. The molecule has 3 rings (SSSR count). The largest absolute Gasteiger partial charge is 0.573 e. The van der Waals surface area contributed by atoms with Crippen LogP contribution < -0.4 is 15.4 Å². The van der Waals surface area contributed by atoms with Gasteiger partial charge in [0.1, 0.15) is 11.6 Å². The van der Waals surface area contributed by atoms with Gasteiger partial charge in [-0.3, -0.25) is 0 Å². The highest BCUT2D eigenvalue weighted by Gasteiger charge is 2.41. The first-order valence-electron chi connectivity index (χ1n) is 9.82. The number of aliphatic hydroxyl groups is 1. The van der Waals surface area contributed by atoms with E-state index in [4.69, 9.17) is 0 Å².